The minimum absolute atomic E-state index is 0. The number of nitrogens with zero attached hydrogens (tertiary/aromatic N) is 2. The third-order valence-electron chi connectivity index (χ3n) is 3.83. The average Bonchev–Trinajstić information content (AvgIpc) is 2.31. The topological polar surface area (TPSA) is 23.8 Å². The normalized spacial score (nSPS) is 21.0. The smallest absolute Gasteiger partial charge is 0.0929 e. The lowest BCUT2D eigenvalue weighted by Crippen LogP contribution is -3.00. The third-order valence-corrected chi connectivity index (χ3v) is 3.83. The predicted molar refractivity (Wildman–Crippen MR) is 64.8 cm³/mol. The molecule has 0 N–H and O–H groups in total. The van der Waals surface area contributed by atoms with Crippen molar-refractivity contribution in [3.05, 3.63) is 35.9 Å². The Kier molecular flexibility index (Phi) is 4.56. The summed E-state index contributed by atoms with van der Waals surface area (Å²) in [6, 6.07) is 12.8. The first-order chi connectivity index (χ1) is 7.58. The molecule has 3 heteroatoms. The quantitative estimate of drug-likeness (QED) is 0.490. The van der Waals surface area contributed by atoms with Crippen LogP contribution in [-0.4, -0.2) is 31.7 Å². The molecular formula is C14H19IN2. The molecule has 1 heterocycles. The highest BCUT2D eigenvalue weighted by Crippen LogP contribution is 2.35. The first-order valence-electron chi connectivity index (χ1n) is 5.87. The van der Waals surface area contributed by atoms with Gasteiger partial charge in [0.2, 0.25) is 0 Å². The van der Waals surface area contributed by atoms with E-state index in [1.807, 2.05) is 18.2 Å². The van der Waals surface area contributed by atoms with E-state index in [9.17, 15) is 5.26 Å². The highest BCUT2D eigenvalue weighted by molar-refractivity contribution is 5.32. The molecule has 0 radical (unpaired) electrons. The van der Waals surface area contributed by atoms with Gasteiger partial charge in [-0.05, 0) is 5.56 Å². The van der Waals surface area contributed by atoms with E-state index < -0.39 is 0 Å². The van der Waals surface area contributed by atoms with Crippen LogP contribution in [0.3, 0.4) is 0 Å². The van der Waals surface area contributed by atoms with E-state index in [1.165, 1.54) is 5.56 Å². The van der Waals surface area contributed by atoms with Gasteiger partial charge in [-0.3, -0.25) is 0 Å². The SMILES string of the molecule is C[N+]1(C)CCC(C#N)(c2ccccc2)CC1.[I-]. The number of benzene rings is 1. The Morgan fingerprint density at radius 3 is 2.12 bits per heavy atom. The van der Waals surface area contributed by atoms with Crippen LogP contribution in [0.2, 0.25) is 0 Å². The summed E-state index contributed by atoms with van der Waals surface area (Å²) in [6.45, 7) is 2.17. The molecule has 0 saturated carbocycles. The Morgan fingerprint density at radius 2 is 1.65 bits per heavy atom. The highest BCUT2D eigenvalue weighted by atomic mass is 127. The summed E-state index contributed by atoms with van der Waals surface area (Å²) in [5.74, 6) is 0. The number of quaternary nitrogens is 1. The zero-order valence-corrected chi connectivity index (χ0v) is 12.6. The van der Waals surface area contributed by atoms with E-state index in [2.05, 4.69) is 32.3 Å². The molecule has 2 nitrogen and oxygen atoms in total. The Labute approximate surface area is 121 Å². The lowest BCUT2D eigenvalue weighted by Gasteiger charge is -2.41. The molecule has 0 bridgehead atoms. The van der Waals surface area contributed by atoms with Gasteiger partial charge in [-0.25, -0.2) is 0 Å². The first-order valence-corrected chi connectivity index (χ1v) is 5.87. The molecule has 92 valence electrons. The fraction of sp³-hybridized carbons (Fsp3) is 0.500. The molecule has 1 aromatic rings. The van der Waals surface area contributed by atoms with Crippen molar-refractivity contribution < 1.29 is 28.5 Å². The van der Waals surface area contributed by atoms with Gasteiger partial charge in [-0.2, -0.15) is 5.26 Å². The standard InChI is InChI=1S/C14H19N2.HI/c1-16(2)10-8-14(12-15,9-11-16)13-6-4-3-5-7-13;/h3-7H,8-11H2,1-2H3;1H/q+1;/p-1. The lowest BCUT2D eigenvalue weighted by atomic mass is 9.73. The molecule has 2 rings (SSSR count). The summed E-state index contributed by atoms with van der Waals surface area (Å²) < 4.78 is 1.04. The van der Waals surface area contributed by atoms with Crippen LogP contribution in [0.15, 0.2) is 30.3 Å². The van der Waals surface area contributed by atoms with Gasteiger partial charge in [0.05, 0.1) is 38.7 Å². The van der Waals surface area contributed by atoms with Gasteiger partial charge in [0.25, 0.3) is 0 Å². The Morgan fingerprint density at radius 1 is 1.12 bits per heavy atom. The summed E-state index contributed by atoms with van der Waals surface area (Å²) in [4.78, 5) is 0. The molecular weight excluding hydrogens is 323 g/mol. The van der Waals surface area contributed by atoms with Gasteiger partial charge in [0, 0.05) is 12.8 Å². The van der Waals surface area contributed by atoms with Crippen molar-refractivity contribution in [1.82, 2.24) is 0 Å². The summed E-state index contributed by atoms with van der Waals surface area (Å²) in [5.41, 5.74) is 0.951. The van der Waals surface area contributed by atoms with E-state index in [0.29, 0.717) is 0 Å². The highest BCUT2D eigenvalue weighted by Gasteiger charge is 2.40. The molecule has 0 spiro atoms. The van der Waals surface area contributed by atoms with E-state index in [1.54, 1.807) is 0 Å². The van der Waals surface area contributed by atoms with Crippen molar-refractivity contribution in [2.24, 2.45) is 0 Å². The zero-order chi connectivity index (χ0) is 11.6. The number of hydrogen-bond donors (Lipinski definition) is 0. The Balaban J connectivity index is 0.00000144. The minimum Gasteiger partial charge on any atom is -1.00 e. The molecule has 0 aliphatic carbocycles. The predicted octanol–water partition coefficient (Wildman–Crippen LogP) is -0.678. The monoisotopic (exact) mass is 342 g/mol. The van der Waals surface area contributed by atoms with Crippen molar-refractivity contribution in [2.75, 3.05) is 27.2 Å². The number of nitriles is 1. The number of hydrogen-bond acceptors (Lipinski definition) is 1. The Bertz CT molecular complexity index is 396. The lowest BCUT2D eigenvalue weighted by molar-refractivity contribution is -0.896. The van der Waals surface area contributed by atoms with Crippen LogP contribution < -0.4 is 24.0 Å². The molecule has 1 aliphatic heterocycles. The van der Waals surface area contributed by atoms with Crippen LogP contribution in [0.25, 0.3) is 0 Å². The number of halogens is 1. The van der Waals surface area contributed by atoms with Gasteiger partial charge in [-0.1, -0.05) is 30.3 Å². The van der Waals surface area contributed by atoms with Gasteiger partial charge in [0.1, 0.15) is 0 Å². The second-order valence-corrected chi connectivity index (χ2v) is 5.44. The van der Waals surface area contributed by atoms with Crippen LogP contribution in [0.5, 0.6) is 0 Å². The first kappa shape index (κ1) is 14.5. The van der Waals surface area contributed by atoms with Gasteiger partial charge in [0.15, 0.2) is 0 Å². The number of rotatable bonds is 1. The summed E-state index contributed by atoms with van der Waals surface area (Å²) in [5, 5.41) is 9.51. The van der Waals surface area contributed by atoms with E-state index >= 15 is 0 Å². The third kappa shape index (κ3) is 2.99. The van der Waals surface area contributed by atoms with Crippen LogP contribution in [-0.2, 0) is 5.41 Å². The van der Waals surface area contributed by atoms with Gasteiger partial charge in [-0.15, -0.1) is 0 Å². The summed E-state index contributed by atoms with van der Waals surface area (Å²) >= 11 is 0. The maximum atomic E-state index is 9.51. The van der Waals surface area contributed by atoms with E-state index in [-0.39, 0.29) is 29.4 Å². The molecule has 0 atom stereocenters. The Hall–Kier alpha value is -0.600. The van der Waals surface area contributed by atoms with Crippen molar-refractivity contribution in [1.29, 1.82) is 5.26 Å². The maximum Gasteiger partial charge on any atom is 0.0929 e. The summed E-state index contributed by atoms with van der Waals surface area (Å²) in [6.07, 6.45) is 1.95. The largest absolute Gasteiger partial charge is 1.00 e. The van der Waals surface area contributed by atoms with Gasteiger partial charge >= 0.3 is 0 Å². The molecule has 1 fully saturated rings. The number of piperidine rings is 1. The van der Waals surface area contributed by atoms with Crippen molar-refractivity contribution in [3.8, 4) is 6.07 Å². The van der Waals surface area contributed by atoms with Crippen molar-refractivity contribution >= 4 is 0 Å². The van der Waals surface area contributed by atoms with E-state index in [4.69, 9.17) is 0 Å². The van der Waals surface area contributed by atoms with Crippen LogP contribution in [0, 0.1) is 11.3 Å². The second kappa shape index (κ2) is 5.36. The molecule has 0 unspecified atom stereocenters. The molecule has 1 aromatic carbocycles. The molecule has 17 heavy (non-hydrogen) atoms. The zero-order valence-electron chi connectivity index (χ0n) is 10.5. The average molecular weight is 342 g/mol. The molecule has 0 aromatic heterocycles. The van der Waals surface area contributed by atoms with Crippen molar-refractivity contribution in [3.63, 3.8) is 0 Å². The fourth-order valence-electron chi connectivity index (χ4n) is 2.45. The maximum absolute atomic E-state index is 9.51. The second-order valence-electron chi connectivity index (χ2n) is 5.44. The molecule has 1 aliphatic rings. The minimum atomic E-state index is -0.241. The van der Waals surface area contributed by atoms with Crippen LogP contribution >= 0.6 is 0 Å². The van der Waals surface area contributed by atoms with Crippen molar-refractivity contribution in [2.45, 2.75) is 18.3 Å². The van der Waals surface area contributed by atoms with Crippen LogP contribution in [0.4, 0.5) is 0 Å². The fourth-order valence-corrected chi connectivity index (χ4v) is 2.45. The number of likely N-dealkylation sites (tertiary alicyclic amines) is 1. The molecule has 1 saturated heterocycles. The van der Waals surface area contributed by atoms with Crippen LogP contribution in [0.1, 0.15) is 18.4 Å². The summed E-state index contributed by atoms with van der Waals surface area (Å²) in [7, 11) is 4.48. The van der Waals surface area contributed by atoms with E-state index in [0.717, 1.165) is 30.4 Å². The molecule has 0 amide bonds. The van der Waals surface area contributed by atoms with Gasteiger partial charge < -0.3 is 28.5 Å².